The summed E-state index contributed by atoms with van der Waals surface area (Å²) < 4.78 is 34.6. The van der Waals surface area contributed by atoms with Crippen LogP contribution in [0.1, 0.15) is 23.6 Å². The van der Waals surface area contributed by atoms with Gasteiger partial charge in [0, 0.05) is 24.5 Å². The van der Waals surface area contributed by atoms with Gasteiger partial charge in [-0.2, -0.15) is 0 Å². The maximum atomic E-state index is 14.5. The molecular weight excluding hydrogens is 633 g/mol. The van der Waals surface area contributed by atoms with Crippen LogP contribution in [-0.4, -0.2) is 51.4 Å². The van der Waals surface area contributed by atoms with Gasteiger partial charge >= 0.3 is 0 Å². The Morgan fingerprint density at radius 1 is 0.889 bits per heavy atom. The first-order valence-electron chi connectivity index (χ1n) is 14.3. The molecule has 45 heavy (non-hydrogen) atoms. The van der Waals surface area contributed by atoms with Crippen LogP contribution in [0, 0.1) is 6.92 Å². The number of aryl methyl sites for hydroxylation is 1. The standard InChI is InChI=1S/C34H35Cl2N3O5S/c1-4-37-34(41)31(20-25-10-6-5-7-11-25)38(22-26-12-8-9-13-29(26)35)33(40)23-39(27-16-19-32(44-3)30(36)21-27)45(42,43)28-17-14-24(2)15-18-28/h5-19,21,31H,4,20,22-23H2,1-3H3,(H,37,41)/t31-/m1/s1. The Bertz CT molecular complexity index is 1730. The Morgan fingerprint density at radius 3 is 2.18 bits per heavy atom. The fourth-order valence-electron chi connectivity index (χ4n) is 4.83. The number of methoxy groups -OCH3 is 1. The summed E-state index contributed by atoms with van der Waals surface area (Å²) in [6, 6.07) is 26.2. The summed E-state index contributed by atoms with van der Waals surface area (Å²) in [5.74, 6) is -0.633. The number of ether oxygens (including phenoxy) is 1. The lowest BCUT2D eigenvalue weighted by molar-refractivity contribution is -0.140. The molecule has 11 heteroatoms. The van der Waals surface area contributed by atoms with Gasteiger partial charge in [-0.25, -0.2) is 8.42 Å². The predicted molar refractivity (Wildman–Crippen MR) is 178 cm³/mol. The number of anilines is 1. The van der Waals surface area contributed by atoms with E-state index in [9.17, 15) is 18.0 Å². The molecule has 2 amide bonds. The van der Waals surface area contributed by atoms with Crippen molar-refractivity contribution in [2.45, 2.75) is 37.8 Å². The van der Waals surface area contributed by atoms with Gasteiger partial charge in [-0.1, -0.05) is 89.4 Å². The fraction of sp³-hybridized carbons (Fsp3) is 0.235. The van der Waals surface area contributed by atoms with Crippen LogP contribution in [0.15, 0.2) is 102 Å². The lowest BCUT2D eigenvalue weighted by Crippen LogP contribution is -2.53. The highest BCUT2D eigenvalue weighted by molar-refractivity contribution is 7.92. The van der Waals surface area contributed by atoms with Crippen molar-refractivity contribution in [2.24, 2.45) is 0 Å². The van der Waals surface area contributed by atoms with Crippen molar-refractivity contribution in [1.82, 2.24) is 10.2 Å². The number of rotatable bonds is 13. The van der Waals surface area contributed by atoms with Crippen LogP contribution in [0.4, 0.5) is 5.69 Å². The molecule has 1 atom stereocenters. The molecule has 4 aromatic rings. The van der Waals surface area contributed by atoms with E-state index in [-0.39, 0.29) is 34.5 Å². The van der Waals surface area contributed by atoms with Gasteiger partial charge in [-0.3, -0.25) is 13.9 Å². The molecule has 0 spiro atoms. The van der Waals surface area contributed by atoms with E-state index in [1.807, 2.05) is 37.3 Å². The first-order chi connectivity index (χ1) is 21.5. The molecule has 0 aromatic heterocycles. The molecular formula is C34H35Cl2N3O5S. The van der Waals surface area contributed by atoms with Crippen molar-refractivity contribution in [3.8, 4) is 5.75 Å². The first kappa shape index (κ1) is 33.8. The zero-order valence-electron chi connectivity index (χ0n) is 25.2. The van der Waals surface area contributed by atoms with Crippen LogP contribution in [0.5, 0.6) is 5.75 Å². The molecule has 0 radical (unpaired) electrons. The third-order valence-electron chi connectivity index (χ3n) is 7.23. The van der Waals surface area contributed by atoms with E-state index >= 15 is 0 Å². The summed E-state index contributed by atoms with van der Waals surface area (Å²) in [5, 5.41) is 3.42. The minimum atomic E-state index is -4.27. The second-order valence-corrected chi connectivity index (χ2v) is 13.0. The van der Waals surface area contributed by atoms with E-state index in [2.05, 4.69) is 5.32 Å². The van der Waals surface area contributed by atoms with E-state index in [0.29, 0.717) is 22.9 Å². The Labute approximate surface area is 274 Å². The van der Waals surface area contributed by atoms with Crippen LogP contribution in [0.25, 0.3) is 0 Å². The average Bonchev–Trinajstić information content (AvgIpc) is 3.03. The Morgan fingerprint density at radius 2 is 1.56 bits per heavy atom. The van der Waals surface area contributed by atoms with Crippen molar-refractivity contribution in [3.63, 3.8) is 0 Å². The SMILES string of the molecule is CCNC(=O)[C@@H](Cc1ccccc1)N(Cc1ccccc1Cl)C(=O)CN(c1ccc(OC)c(Cl)c1)S(=O)(=O)c1ccc(C)cc1. The van der Waals surface area contributed by atoms with Gasteiger partial charge < -0.3 is 15.0 Å². The van der Waals surface area contributed by atoms with Crippen molar-refractivity contribution < 1.29 is 22.7 Å². The number of likely N-dealkylation sites (N-methyl/N-ethyl adjacent to an activating group) is 1. The molecule has 4 aromatic carbocycles. The van der Waals surface area contributed by atoms with Gasteiger partial charge in [0.05, 0.1) is 22.7 Å². The van der Waals surface area contributed by atoms with Crippen LogP contribution in [0.3, 0.4) is 0 Å². The van der Waals surface area contributed by atoms with Gasteiger partial charge in [0.15, 0.2) is 0 Å². The number of hydrogen-bond acceptors (Lipinski definition) is 5. The molecule has 0 heterocycles. The molecule has 0 aliphatic rings. The van der Waals surface area contributed by atoms with Crippen molar-refractivity contribution in [3.05, 3.63) is 124 Å². The summed E-state index contributed by atoms with van der Waals surface area (Å²) in [7, 11) is -2.82. The number of benzene rings is 4. The topological polar surface area (TPSA) is 96.0 Å². The van der Waals surface area contributed by atoms with E-state index in [4.69, 9.17) is 27.9 Å². The Balaban J connectivity index is 1.83. The second-order valence-electron chi connectivity index (χ2n) is 10.4. The lowest BCUT2D eigenvalue weighted by atomic mass is 10.0. The quantitative estimate of drug-likeness (QED) is 0.181. The van der Waals surface area contributed by atoms with Crippen LogP contribution in [0.2, 0.25) is 10.0 Å². The molecule has 0 aliphatic carbocycles. The number of carbonyl (C=O) groups excluding carboxylic acids is 2. The molecule has 0 unspecified atom stereocenters. The highest BCUT2D eigenvalue weighted by Crippen LogP contribution is 2.32. The van der Waals surface area contributed by atoms with Gasteiger partial charge in [0.25, 0.3) is 10.0 Å². The van der Waals surface area contributed by atoms with Crippen LogP contribution < -0.4 is 14.4 Å². The van der Waals surface area contributed by atoms with Gasteiger partial charge in [0.1, 0.15) is 18.3 Å². The summed E-state index contributed by atoms with van der Waals surface area (Å²) >= 11 is 12.9. The van der Waals surface area contributed by atoms with E-state index in [0.717, 1.165) is 15.4 Å². The molecule has 0 fully saturated rings. The third kappa shape index (κ3) is 8.36. The van der Waals surface area contributed by atoms with Gasteiger partial charge in [-0.05, 0) is 61.4 Å². The molecule has 236 valence electrons. The number of halogens is 2. The van der Waals surface area contributed by atoms with Crippen LogP contribution >= 0.6 is 23.2 Å². The van der Waals surface area contributed by atoms with E-state index in [1.165, 1.54) is 42.3 Å². The molecule has 0 bridgehead atoms. The maximum absolute atomic E-state index is 14.5. The predicted octanol–water partition coefficient (Wildman–Crippen LogP) is 6.28. The third-order valence-corrected chi connectivity index (χ3v) is 9.68. The van der Waals surface area contributed by atoms with Gasteiger partial charge in [0.2, 0.25) is 11.8 Å². The summed E-state index contributed by atoms with van der Waals surface area (Å²) in [4.78, 5) is 29.4. The molecule has 8 nitrogen and oxygen atoms in total. The molecule has 1 N–H and O–H groups in total. The molecule has 0 saturated heterocycles. The van der Waals surface area contributed by atoms with Crippen LogP contribution in [-0.2, 0) is 32.6 Å². The fourth-order valence-corrected chi connectivity index (χ4v) is 6.69. The van der Waals surface area contributed by atoms with E-state index < -0.39 is 28.5 Å². The number of nitrogens with zero attached hydrogens (tertiary/aromatic N) is 2. The minimum absolute atomic E-state index is 0.00458. The highest BCUT2D eigenvalue weighted by Gasteiger charge is 2.35. The zero-order valence-corrected chi connectivity index (χ0v) is 27.6. The molecule has 4 rings (SSSR count). The molecule has 0 saturated carbocycles. The molecule has 0 aliphatic heterocycles. The number of sulfonamides is 1. The van der Waals surface area contributed by atoms with Crippen molar-refractivity contribution >= 4 is 50.7 Å². The monoisotopic (exact) mass is 667 g/mol. The van der Waals surface area contributed by atoms with E-state index in [1.54, 1.807) is 43.3 Å². The minimum Gasteiger partial charge on any atom is -0.495 e. The summed E-state index contributed by atoms with van der Waals surface area (Å²) in [5.41, 5.74) is 2.47. The average molecular weight is 669 g/mol. The normalized spacial score (nSPS) is 11.8. The smallest absolute Gasteiger partial charge is 0.264 e. The largest absolute Gasteiger partial charge is 0.495 e. The maximum Gasteiger partial charge on any atom is 0.264 e. The first-order valence-corrected chi connectivity index (χ1v) is 16.5. The number of nitrogens with one attached hydrogen (secondary N) is 1. The lowest BCUT2D eigenvalue weighted by Gasteiger charge is -2.34. The summed E-state index contributed by atoms with van der Waals surface area (Å²) in [6.45, 7) is 3.34. The number of carbonyl (C=O) groups is 2. The number of amides is 2. The Kier molecular flexibility index (Phi) is 11.5. The summed E-state index contributed by atoms with van der Waals surface area (Å²) in [6.07, 6.45) is 0.196. The second kappa shape index (κ2) is 15.3. The number of hydrogen-bond donors (Lipinski definition) is 1. The van der Waals surface area contributed by atoms with Crippen molar-refractivity contribution in [1.29, 1.82) is 0 Å². The van der Waals surface area contributed by atoms with Crippen molar-refractivity contribution in [2.75, 3.05) is 24.5 Å². The highest BCUT2D eigenvalue weighted by atomic mass is 35.5. The zero-order chi connectivity index (χ0) is 32.6. The van der Waals surface area contributed by atoms with Gasteiger partial charge in [-0.15, -0.1) is 0 Å². The Hall–Kier alpha value is -4.05.